The maximum absolute atomic E-state index is 10.3. The number of aliphatic hydroxyl groups excluding tert-OH is 1. The lowest BCUT2D eigenvalue weighted by Crippen LogP contribution is -2.34. The first kappa shape index (κ1) is 16.9. The van der Waals surface area contributed by atoms with Gasteiger partial charge in [-0.2, -0.15) is 0 Å². The highest BCUT2D eigenvalue weighted by Gasteiger charge is 2.14. The van der Waals surface area contributed by atoms with E-state index in [4.69, 9.17) is 14.2 Å². The highest BCUT2D eigenvalue weighted by molar-refractivity contribution is 5.38. The molecule has 0 aliphatic carbocycles. The minimum Gasteiger partial charge on any atom is -0.496 e. The molecular weight excluding hydrogens is 258 g/mol. The summed E-state index contributed by atoms with van der Waals surface area (Å²) >= 11 is 0. The molecule has 0 heterocycles. The van der Waals surface area contributed by atoms with Crippen molar-refractivity contribution in [2.24, 2.45) is 0 Å². The van der Waals surface area contributed by atoms with E-state index in [0.29, 0.717) is 25.4 Å². The molecule has 0 aliphatic rings. The number of ether oxygens (including phenoxy) is 3. The van der Waals surface area contributed by atoms with E-state index < -0.39 is 6.10 Å². The van der Waals surface area contributed by atoms with Crippen molar-refractivity contribution in [3.05, 3.63) is 29.3 Å². The zero-order valence-corrected chi connectivity index (χ0v) is 12.7. The molecule has 1 aromatic carbocycles. The number of hydrogen-bond donors (Lipinski definition) is 2. The molecule has 5 nitrogen and oxygen atoms in total. The molecule has 0 bridgehead atoms. The van der Waals surface area contributed by atoms with E-state index in [9.17, 15) is 5.11 Å². The molecule has 114 valence electrons. The smallest absolute Gasteiger partial charge is 0.124 e. The Hall–Kier alpha value is -1.14. The van der Waals surface area contributed by atoms with E-state index in [1.807, 2.05) is 25.1 Å². The summed E-state index contributed by atoms with van der Waals surface area (Å²) in [6, 6.07) is 5.77. The zero-order valence-electron chi connectivity index (χ0n) is 12.7. The Labute approximate surface area is 120 Å². The van der Waals surface area contributed by atoms with Crippen LogP contribution >= 0.6 is 0 Å². The average Bonchev–Trinajstić information content (AvgIpc) is 2.46. The Bertz CT molecular complexity index is 397. The quantitative estimate of drug-likeness (QED) is 0.715. The van der Waals surface area contributed by atoms with Gasteiger partial charge in [0.05, 0.1) is 25.9 Å². The summed E-state index contributed by atoms with van der Waals surface area (Å²) in [5, 5.41) is 13.4. The van der Waals surface area contributed by atoms with Crippen molar-refractivity contribution in [2.75, 3.05) is 41.0 Å². The van der Waals surface area contributed by atoms with Crippen LogP contribution in [0.15, 0.2) is 18.2 Å². The fraction of sp³-hybridized carbons (Fsp3) is 0.600. The highest BCUT2D eigenvalue weighted by atomic mass is 16.5. The van der Waals surface area contributed by atoms with Crippen LogP contribution in [0.5, 0.6) is 5.75 Å². The Balaban J connectivity index is 2.54. The standard InChI is InChI=1S/C15H25NO4/c1-11-5-6-15(20-4)13(7-11)14(17)9-16-8-12(19-3)10-18-2/h5-7,12,14,16-17H,8-10H2,1-4H3. The van der Waals surface area contributed by atoms with E-state index >= 15 is 0 Å². The van der Waals surface area contributed by atoms with Crippen molar-refractivity contribution in [1.29, 1.82) is 0 Å². The number of hydrogen-bond acceptors (Lipinski definition) is 5. The Morgan fingerprint density at radius 1 is 1.20 bits per heavy atom. The average molecular weight is 283 g/mol. The first-order valence-corrected chi connectivity index (χ1v) is 6.67. The normalized spacial score (nSPS) is 14.1. The summed E-state index contributed by atoms with van der Waals surface area (Å²) in [6.45, 7) is 3.56. The largest absolute Gasteiger partial charge is 0.496 e. The predicted molar refractivity (Wildman–Crippen MR) is 78.2 cm³/mol. The van der Waals surface area contributed by atoms with Gasteiger partial charge in [-0.15, -0.1) is 0 Å². The zero-order chi connectivity index (χ0) is 15.0. The lowest BCUT2D eigenvalue weighted by molar-refractivity contribution is 0.0270. The fourth-order valence-electron chi connectivity index (χ4n) is 2.00. The second-order valence-corrected chi connectivity index (χ2v) is 4.73. The third-order valence-corrected chi connectivity index (χ3v) is 3.14. The molecule has 2 unspecified atom stereocenters. The Morgan fingerprint density at radius 3 is 2.55 bits per heavy atom. The maximum atomic E-state index is 10.3. The summed E-state index contributed by atoms with van der Waals surface area (Å²) < 4.78 is 15.6. The van der Waals surface area contributed by atoms with E-state index in [-0.39, 0.29) is 6.10 Å². The molecule has 0 aromatic heterocycles. The Morgan fingerprint density at radius 2 is 1.95 bits per heavy atom. The molecule has 1 rings (SSSR count). The molecule has 0 fully saturated rings. The van der Waals surface area contributed by atoms with E-state index in [0.717, 1.165) is 11.1 Å². The van der Waals surface area contributed by atoms with Crippen LogP contribution in [0, 0.1) is 6.92 Å². The second kappa shape index (κ2) is 8.92. The number of aliphatic hydroxyl groups is 1. The van der Waals surface area contributed by atoms with Gasteiger partial charge in [0.25, 0.3) is 0 Å². The number of methoxy groups -OCH3 is 3. The second-order valence-electron chi connectivity index (χ2n) is 4.73. The molecule has 0 saturated carbocycles. The lowest BCUT2D eigenvalue weighted by Gasteiger charge is -2.19. The topological polar surface area (TPSA) is 60.0 Å². The van der Waals surface area contributed by atoms with E-state index in [1.165, 1.54) is 0 Å². The van der Waals surface area contributed by atoms with Gasteiger partial charge in [-0.25, -0.2) is 0 Å². The number of rotatable bonds is 9. The molecule has 20 heavy (non-hydrogen) atoms. The van der Waals surface area contributed by atoms with Gasteiger partial charge < -0.3 is 24.6 Å². The summed E-state index contributed by atoms with van der Waals surface area (Å²) in [4.78, 5) is 0. The Kier molecular flexibility index (Phi) is 7.54. The molecule has 0 spiro atoms. The monoisotopic (exact) mass is 283 g/mol. The molecular formula is C15H25NO4. The van der Waals surface area contributed by atoms with Crippen molar-refractivity contribution in [1.82, 2.24) is 5.32 Å². The van der Waals surface area contributed by atoms with Crippen LogP contribution < -0.4 is 10.1 Å². The van der Waals surface area contributed by atoms with Crippen LogP contribution in [-0.2, 0) is 9.47 Å². The fourth-order valence-corrected chi connectivity index (χ4v) is 2.00. The third-order valence-electron chi connectivity index (χ3n) is 3.14. The maximum Gasteiger partial charge on any atom is 0.124 e. The van der Waals surface area contributed by atoms with Crippen LogP contribution in [0.4, 0.5) is 0 Å². The van der Waals surface area contributed by atoms with Crippen molar-refractivity contribution in [3.63, 3.8) is 0 Å². The van der Waals surface area contributed by atoms with Crippen LogP contribution in [-0.4, -0.2) is 52.2 Å². The van der Waals surface area contributed by atoms with Gasteiger partial charge in [0.2, 0.25) is 0 Å². The van der Waals surface area contributed by atoms with Crippen molar-refractivity contribution < 1.29 is 19.3 Å². The first-order valence-electron chi connectivity index (χ1n) is 6.67. The van der Waals surface area contributed by atoms with Gasteiger partial charge in [0.15, 0.2) is 0 Å². The SMILES string of the molecule is COCC(CNCC(O)c1cc(C)ccc1OC)OC. The van der Waals surface area contributed by atoms with Crippen molar-refractivity contribution >= 4 is 0 Å². The molecule has 0 radical (unpaired) electrons. The highest BCUT2D eigenvalue weighted by Crippen LogP contribution is 2.25. The summed E-state index contributed by atoms with van der Waals surface area (Å²) in [5.41, 5.74) is 1.88. The van der Waals surface area contributed by atoms with Crippen LogP contribution in [0.25, 0.3) is 0 Å². The van der Waals surface area contributed by atoms with E-state index in [1.54, 1.807) is 21.3 Å². The number of benzene rings is 1. The minimum atomic E-state index is -0.620. The predicted octanol–water partition coefficient (Wildman–Crippen LogP) is 1.29. The molecule has 0 amide bonds. The molecule has 0 saturated heterocycles. The van der Waals surface area contributed by atoms with Crippen molar-refractivity contribution in [2.45, 2.75) is 19.1 Å². The van der Waals surface area contributed by atoms with Gasteiger partial charge in [-0.3, -0.25) is 0 Å². The molecule has 0 aliphatic heterocycles. The molecule has 2 atom stereocenters. The lowest BCUT2D eigenvalue weighted by atomic mass is 10.1. The van der Waals surface area contributed by atoms with Gasteiger partial charge in [0, 0.05) is 32.9 Å². The van der Waals surface area contributed by atoms with Gasteiger partial charge in [0.1, 0.15) is 5.75 Å². The van der Waals surface area contributed by atoms with Crippen LogP contribution in [0.2, 0.25) is 0 Å². The summed E-state index contributed by atoms with van der Waals surface area (Å²) in [5.74, 6) is 0.699. The number of nitrogens with one attached hydrogen (secondary N) is 1. The summed E-state index contributed by atoms with van der Waals surface area (Å²) in [6.07, 6.45) is -0.642. The summed E-state index contributed by atoms with van der Waals surface area (Å²) in [7, 11) is 4.89. The molecule has 1 aromatic rings. The minimum absolute atomic E-state index is 0.0217. The van der Waals surface area contributed by atoms with Crippen LogP contribution in [0.3, 0.4) is 0 Å². The number of aryl methyl sites for hydroxylation is 1. The van der Waals surface area contributed by atoms with Gasteiger partial charge in [-0.1, -0.05) is 11.6 Å². The first-order chi connectivity index (χ1) is 9.62. The van der Waals surface area contributed by atoms with Crippen molar-refractivity contribution in [3.8, 4) is 5.75 Å². The van der Waals surface area contributed by atoms with Gasteiger partial charge in [-0.05, 0) is 19.1 Å². The van der Waals surface area contributed by atoms with Gasteiger partial charge >= 0.3 is 0 Å². The third kappa shape index (κ3) is 5.09. The van der Waals surface area contributed by atoms with Crippen LogP contribution in [0.1, 0.15) is 17.2 Å². The molecule has 5 heteroatoms. The van der Waals surface area contributed by atoms with E-state index in [2.05, 4.69) is 5.32 Å². The molecule has 2 N–H and O–H groups in total.